The summed E-state index contributed by atoms with van der Waals surface area (Å²) in [7, 11) is 1.64. The summed E-state index contributed by atoms with van der Waals surface area (Å²) < 4.78 is 15.6. The van der Waals surface area contributed by atoms with Gasteiger partial charge in [0.05, 0.1) is 33.0 Å². The molecule has 2 atom stereocenters. The summed E-state index contributed by atoms with van der Waals surface area (Å²) in [6.45, 7) is 6.30. The number of hydrogen-bond acceptors (Lipinski definition) is 5. The van der Waals surface area contributed by atoms with E-state index >= 15 is 0 Å². The molecular weight excluding hydrogens is 262 g/mol. The lowest BCUT2D eigenvalue weighted by Crippen LogP contribution is -2.50. The molecule has 0 amide bonds. The van der Waals surface area contributed by atoms with Crippen LogP contribution in [0.3, 0.4) is 0 Å². The summed E-state index contributed by atoms with van der Waals surface area (Å²) in [5.41, 5.74) is 0. The number of methoxy groups -OCH3 is 1. The SMILES string of the molecule is COCCOCCOCCN1CCCC(C)C1C(=O)O. The van der Waals surface area contributed by atoms with Crippen molar-refractivity contribution in [1.29, 1.82) is 0 Å². The summed E-state index contributed by atoms with van der Waals surface area (Å²) >= 11 is 0. The van der Waals surface area contributed by atoms with E-state index in [2.05, 4.69) is 0 Å². The van der Waals surface area contributed by atoms with Crippen molar-refractivity contribution in [3.63, 3.8) is 0 Å². The number of carboxylic acids is 1. The van der Waals surface area contributed by atoms with E-state index in [1.807, 2.05) is 11.8 Å². The highest BCUT2D eigenvalue weighted by Gasteiger charge is 2.33. The lowest BCUT2D eigenvalue weighted by molar-refractivity contribution is -0.147. The van der Waals surface area contributed by atoms with E-state index in [-0.39, 0.29) is 12.0 Å². The molecule has 1 N–H and O–H groups in total. The second kappa shape index (κ2) is 10.1. The molecule has 0 radical (unpaired) electrons. The molecule has 118 valence electrons. The Hall–Kier alpha value is -0.690. The van der Waals surface area contributed by atoms with Crippen molar-refractivity contribution in [3.8, 4) is 0 Å². The van der Waals surface area contributed by atoms with Gasteiger partial charge in [0.25, 0.3) is 0 Å². The maximum absolute atomic E-state index is 11.3. The van der Waals surface area contributed by atoms with E-state index in [0.717, 1.165) is 19.4 Å². The smallest absolute Gasteiger partial charge is 0.321 e. The van der Waals surface area contributed by atoms with Crippen LogP contribution in [0.4, 0.5) is 0 Å². The molecular formula is C14H27NO5. The van der Waals surface area contributed by atoms with E-state index in [4.69, 9.17) is 14.2 Å². The van der Waals surface area contributed by atoms with Crippen LogP contribution in [0.15, 0.2) is 0 Å². The minimum Gasteiger partial charge on any atom is -0.480 e. The van der Waals surface area contributed by atoms with Crippen LogP contribution in [-0.4, -0.2) is 75.3 Å². The lowest BCUT2D eigenvalue weighted by Gasteiger charge is -2.37. The highest BCUT2D eigenvalue weighted by Crippen LogP contribution is 2.23. The number of aliphatic carboxylic acids is 1. The molecule has 6 nitrogen and oxygen atoms in total. The second-order valence-electron chi connectivity index (χ2n) is 5.16. The topological polar surface area (TPSA) is 68.2 Å². The second-order valence-corrected chi connectivity index (χ2v) is 5.16. The van der Waals surface area contributed by atoms with Gasteiger partial charge in [0, 0.05) is 13.7 Å². The van der Waals surface area contributed by atoms with Crippen molar-refractivity contribution >= 4 is 5.97 Å². The number of ether oxygens (including phenoxy) is 3. The van der Waals surface area contributed by atoms with Gasteiger partial charge in [-0.25, -0.2) is 0 Å². The van der Waals surface area contributed by atoms with Gasteiger partial charge in [-0.1, -0.05) is 6.92 Å². The zero-order valence-electron chi connectivity index (χ0n) is 12.5. The van der Waals surface area contributed by atoms with E-state index in [1.54, 1.807) is 7.11 Å². The summed E-state index contributed by atoms with van der Waals surface area (Å²) in [5, 5.41) is 9.29. The molecule has 0 saturated carbocycles. The van der Waals surface area contributed by atoms with Gasteiger partial charge in [-0.15, -0.1) is 0 Å². The minimum atomic E-state index is -0.722. The van der Waals surface area contributed by atoms with Crippen molar-refractivity contribution in [3.05, 3.63) is 0 Å². The predicted molar refractivity (Wildman–Crippen MR) is 74.9 cm³/mol. The van der Waals surface area contributed by atoms with E-state index in [9.17, 15) is 9.90 Å². The third kappa shape index (κ3) is 6.17. The Labute approximate surface area is 121 Å². The Bertz CT molecular complexity index is 274. The zero-order valence-corrected chi connectivity index (χ0v) is 12.5. The van der Waals surface area contributed by atoms with E-state index in [1.165, 1.54) is 0 Å². The van der Waals surface area contributed by atoms with Crippen LogP contribution in [0.2, 0.25) is 0 Å². The Morgan fingerprint density at radius 1 is 1.20 bits per heavy atom. The standard InChI is InChI=1S/C14H27NO5/c1-12-4-3-5-15(13(12)14(16)17)6-7-19-10-11-20-9-8-18-2/h12-13H,3-11H2,1-2H3,(H,16,17). The molecule has 0 aromatic rings. The minimum absolute atomic E-state index is 0.207. The maximum atomic E-state index is 11.3. The molecule has 1 saturated heterocycles. The fraction of sp³-hybridized carbons (Fsp3) is 0.929. The maximum Gasteiger partial charge on any atom is 0.321 e. The van der Waals surface area contributed by atoms with Crippen LogP contribution in [0, 0.1) is 5.92 Å². The van der Waals surface area contributed by atoms with Crippen LogP contribution in [0.1, 0.15) is 19.8 Å². The fourth-order valence-corrected chi connectivity index (χ4v) is 2.57. The fourth-order valence-electron chi connectivity index (χ4n) is 2.57. The Balaban J connectivity index is 2.12. The third-order valence-electron chi connectivity index (χ3n) is 3.62. The average Bonchev–Trinajstić information content (AvgIpc) is 2.41. The molecule has 0 aliphatic carbocycles. The van der Waals surface area contributed by atoms with Crippen molar-refractivity contribution in [1.82, 2.24) is 4.90 Å². The molecule has 2 unspecified atom stereocenters. The highest BCUT2D eigenvalue weighted by atomic mass is 16.5. The van der Waals surface area contributed by atoms with Gasteiger partial charge in [-0.05, 0) is 25.3 Å². The monoisotopic (exact) mass is 289 g/mol. The number of rotatable bonds is 10. The highest BCUT2D eigenvalue weighted by molar-refractivity contribution is 5.74. The van der Waals surface area contributed by atoms with Gasteiger partial charge in [0.2, 0.25) is 0 Å². The first kappa shape index (κ1) is 17.4. The predicted octanol–water partition coefficient (Wildman–Crippen LogP) is 0.851. The number of nitrogens with zero attached hydrogens (tertiary/aromatic N) is 1. The Morgan fingerprint density at radius 3 is 2.50 bits per heavy atom. The van der Waals surface area contributed by atoms with E-state index < -0.39 is 5.97 Å². The molecule has 0 bridgehead atoms. The number of carbonyl (C=O) groups is 1. The van der Waals surface area contributed by atoms with Crippen LogP contribution in [0.25, 0.3) is 0 Å². The molecule has 1 rings (SSSR count). The lowest BCUT2D eigenvalue weighted by atomic mass is 9.91. The van der Waals surface area contributed by atoms with Gasteiger partial charge in [-0.2, -0.15) is 0 Å². The largest absolute Gasteiger partial charge is 0.480 e. The molecule has 0 aromatic carbocycles. The zero-order chi connectivity index (χ0) is 14.8. The van der Waals surface area contributed by atoms with Crippen molar-refractivity contribution in [2.75, 3.05) is 53.2 Å². The first-order valence-corrected chi connectivity index (χ1v) is 7.28. The van der Waals surface area contributed by atoms with Gasteiger partial charge < -0.3 is 19.3 Å². The molecule has 1 aliphatic rings. The van der Waals surface area contributed by atoms with Crippen LogP contribution in [-0.2, 0) is 19.0 Å². The first-order valence-electron chi connectivity index (χ1n) is 7.28. The number of likely N-dealkylation sites (tertiary alicyclic amines) is 1. The number of carboxylic acid groups (broad SMARTS) is 1. The Kier molecular flexibility index (Phi) is 8.77. The van der Waals surface area contributed by atoms with Crippen molar-refractivity contribution in [2.45, 2.75) is 25.8 Å². The summed E-state index contributed by atoms with van der Waals surface area (Å²) in [6, 6.07) is -0.370. The quantitative estimate of drug-likeness (QED) is 0.601. The van der Waals surface area contributed by atoms with Crippen molar-refractivity contribution in [2.24, 2.45) is 5.92 Å². The van der Waals surface area contributed by atoms with E-state index in [0.29, 0.717) is 39.6 Å². The van der Waals surface area contributed by atoms with Gasteiger partial charge >= 0.3 is 5.97 Å². The summed E-state index contributed by atoms with van der Waals surface area (Å²) in [4.78, 5) is 13.3. The molecule has 6 heteroatoms. The normalized spacial score (nSPS) is 23.9. The average molecular weight is 289 g/mol. The molecule has 0 aromatic heterocycles. The number of piperidine rings is 1. The summed E-state index contributed by atoms with van der Waals surface area (Å²) in [6.07, 6.45) is 2.05. The molecule has 20 heavy (non-hydrogen) atoms. The molecule has 1 aliphatic heterocycles. The Morgan fingerprint density at radius 2 is 1.85 bits per heavy atom. The van der Waals surface area contributed by atoms with Crippen molar-refractivity contribution < 1.29 is 24.1 Å². The third-order valence-corrected chi connectivity index (χ3v) is 3.62. The summed E-state index contributed by atoms with van der Waals surface area (Å²) in [5.74, 6) is -0.515. The van der Waals surface area contributed by atoms with Gasteiger partial charge in [-0.3, -0.25) is 9.69 Å². The molecule has 1 fully saturated rings. The molecule has 0 spiro atoms. The van der Waals surface area contributed by atoms with Gasteiger partial charge in [0.15, 0.2) is 0 Å². The van der Waals surface area contributed by atoms with Gasteiger partial charge in [0.1, 0.15) is 6.04 Å². The van der Waals surface area contributed by atoms with Crippen LogP contribution in [0.5, 0.6) is 0 Å². The number of hydrogen-bond donors (Lipinski definition) is 1. The van der Waals surface area contributed by atoms with Crippen LogP contribution < -0.4 is 0 Å². The molecule has 1 heterocycles. The van der Waals surface area contributed by atoms with Crippen LogP contribution >= 0.6 is 0 Å². The first-order chi connectivity index (χ1) is 9.66.